The third-order valence-corrected chi connectivity index (χ3v) is 5.19. The summed E-state index contributed by atoms with van der Waals surface area (Å²) in [5.41, 5.74) is 14.1. The second-order valence-electron chi connectivity index (χ2n) is 7.65. The van der Waals surface area contributed by atoms with Gasteiger partial charge in [-0.15, -0.1) is 0 Å². The molecule has 7 heteroatoms. The van der Waals surface area contributed by atoms with E-state index < -0.39 is 0 Å². The first kappa shape index (κ1) is 22.0. The van der Waals surface area contributed by atoms with Crippen molar-refractivity contribution in [1.82, 2.24) is 0 Å². The number of unbranched alkanes of at least 4 members (excludes halogenated alkanes) is 1. The number of hydrogen-bond donors (Lipinski definition) is 4. The van der Waals surface area contributed by atoms with Crippen molar-refractivity contribution in [3.63, 3.8) is 0 Å². The standard InChI is InChI=1S/C26H26N4O3/c27-25(28)17-6-9-21(10-7-17)31-12-1-2-13-32-22-5-3-4-18(15-22)24-16-20-14-19(26(29)30)8-11-23(20)33-24/h3-11,14-16H,1-2,12-13H2,(H3,27,28)(H3,29,30). The highest BCUT2D eigenvalue weighted by atomic mass is 16.5. The van der Waals surface area contributed by atoms with Gasteiger partial charge in [0.1, 0.15) is 34.5 Å². The molecule has 0 aliphatic carbocycles. The Hall–Kier alpha value is -4.26. The molecule has 0 saturated carbocycles. The Bertz CT molecular complexity index is 1280. The number of hydrogen-bond acceptors (Lipinski definition) is 5. The molecule has 0 atom stereocenters. The monoisotopic (exact) mass is 442 g/mol. The molecular weight excluding hydrogens is 416 g/mol. The van der Waals surface area contributed by atoms with E-state index in [1.165, 1.54) is 0 Å². The smallest absolute Gasteiger partial charge is 0.135 e. The molecule has 0 fully saturated rings. The number of amidine groups is 2. The predicted molar refractivity (Wildman–Crippen MR) is 130 cm³/mol. The molecule has 168 valence electrons. The van der Waals surface area contributed by atoms with Crippen LogP contribution in [0, 0.1) is 10.8 Å². The van der Waals surface area contributed by atoms with Gasteiger partial charge in [0.2, 0.25) is 0 Å². The van der Waals surface area contributed by atoms with E-state index in [1.54, 1.807) is 18.2 Å². The molecule has 4 rings (SSSR count). The van der Waals surface area contributed by atoms with Gasteiger partial charge >= 0.3 is 0 Å². The number of nitrogens with one attached hydrogen (secondary N) is 2. The molecule has 0 bridgehead atoms. The highest BCUT2D eigenvalue weighted by molar-refractivity contribution is 5.99. The van der Waals surface area contributed by atoms with E-state index in [0.29, 0.717) is 24.3 Å². The van der Waals surface area contributed by atoms with Crippen LogP contribution in [0.1, 0.15) is 24.0 Å². The average molecular weight is 443 g/mol. The number of ether oxygens (including phenoxy) is 2. The minimum Gasteiger partial charge on any atom is -0.494 e. The van der Waals surface area contributed by atoms with Crippen LogP contribution in [0.5, 0.6) is 11.5 Å². The van der Waals surface area contributed by atoms with Crippen LogP contribution in [0.2, 0.25) is 0 Å². The molecule has 0 saturated heterocycles. The number of rotatable bonds is 10. The van der Waals surface area contributed by atoms with Crippen molar-refractivity contribution in [2.24, 2.45) is 11.5 Å². The van der Waals surface area contributed by atoms with Gasteiger partial charge < -0.3 is 25.4 Å². The topological polar surface area (TPSA) is 131 Å². The second-order valence-corrected chi connectivity index (χ2v) is 7.65. The van der Waals surface area contributed by atoms with Crippen molar-refractivity contribution in [1.29, 1.82) is 10.8 Å². The zero-order valence-electron chi connectivity index (χ0n) is 18.1. The lowest BCUT2D eigenvalue weighted by Crippen LogP contribution is -2.10. The summed E-state index contributed by atoms with van der Waals surface area (Å²) in [6.07, 6.45) is 1.71. The SMILES string of the molecule is N=C(N)c1ccc(OCCCCOc2cccc(-c3cc4cc(C(=N)N)ccc4o3)c2)cc1. The largest absolute Gasteiger partial charge is 0.494 e. The number of fused-ring (bicyclic) bond motifs is 1. The van der Waals surface area contributed by atoms with Gasteiger partial charge in [-0.2, -0.15) is 0 Å². The Morgan fingerprint density at radius 1 is 0.727 bits per heavy atom. The Balaban J connectivity index is 1.27. The normalized spacial score (nSPS) is 10.8. The fourth-order valence-corrected chi connectivity index (χ4v) is 3.41. The summed E-state index contributed by atoms with van der Waals surface area (Å²) in [5, 5.41) is 15.9. The van der Waals surface area contributed by atoms with Gasteiger partial charge in [-0.1, -0.05) is 12.1 Å². The summed E-state index contributed by atoms with van der Waals surface area (Å²) in [6.45, 7) is 1.17. The lowest BCUT2D eigenvalue weighted by molar-refractivity contribution is 0.266. The van der Waals surface area contributed by atoms with Crippen LogP contribution >= 0.6 is 0 Å². The van der Waals surface area contributed by atoms with Crippen LogP contribution in [0.15, 0.2) is 77.2 Å². The molecule has 1 heterocycles. The first-order valence-electron chi connectivity index (χ1n) is 10.7. The molecule has 4 aromatic rings. The average Bonchev–Trinajstić information content (AvgIpc) is 3.25. The van der Waals surface area contributed by atoms with Gasteiger partial charge in [0.05, 0.1) is 13.2 Å². The quantitative estimate of drug-likeness (QED) is 0.157. The van der Waals surface area contributed by atoms with Crippen molar-refractivity contribution in [3.8, 4) is 22.8 Å². The van der Waals surface area contributed by atoms with Crippen molar-refractivity contribution in [3.05, 3.63) is 83.9 Å². The van der Waals surface area contributed by atoms with Gasteiger partial charge in [-0.25, -0.2) is 0 Å². The number of nitrogens with two attached hydrogens (primary N) is 2. The van der Waals surface area contributed by atoms with Crippen molar-refractivity contribution >= 4 is 22.6 Å². The van der Waals surface area contributed by atoms with E-state index in [4.69, 9.17) is 36.2 Å². The van der Waals surface area contributed by atoms with E-state index in [-0.39, 0.29) is 11.7 Å². The first-order chi connectivity index (χ1) is 16.0. The fraction of sp³-hybridized carbons (Fsp3) is 0.154. The van der Waals surface area contributed by atoms with Crippen LogP contribution in [0.3, 0.4) is 0 Å². The summed E-state index contributed by atoms with van der Waals surface area (Å²) >= 11 is 0. The summed E-state index contributed by atoms with van der Waals surface area (Å²) in [4.78, 5) is 0. The lowest BCUT2D eigenvalue weighted by Gasteiger charge is -2.09. The molecule has 33 heavy (non-hydrogen) atoms. The Labute approximate surface area is 191 Å². The van der Waals surface area contributed by atoms with E-state index in [9.17, 15) is 0 Å². The summed E-state index contributed by atoms with van der Waals surface area (Å²) in [7, 11) is 0. The lowest BCUT2D eigenvalue weighted by atomic mass is 10.1. The minimum atomic E-state index is 0.0336. The van der Waals surface area contributed by atoms with Gasteiger partial charge in [-0.05, 0) is 73.5 Å². The fourth-order valence-electron chi connectivity index (χ4n) is 3.41. The number of furan rings is 1. The highest BCUT2D eigenvalue weighted by Crippen LogP contribution is 2.30. The molecule has 0 aliphatic heterocycles. The molecule has 1 aromatic heterocycles. The number of nitrogen functional groups attached to an aromatic ring is 2. The number of benzene rings is 3. The zero-order valence-corrected chi connectivity index (χ0v) is 18.1. The predicted octanol–water partition coefficient (Wildman–Crippen LogP) is 4.91. The van der Waals surface area contributed by atoms with Crippen LogP contribution < -0.4 is 20.9 Å². The Morgan fingerprint density at radius 2 is 1.39 bits per heavy atom. The molecule has 3 aromatic carbocycles. The van der Waals surface area contributed by atoms with Crippen LogP contribution in [-0.2, 0) is 0 Å². The van der Waals surface area contributed by atoms with Gasteiger partial charge in [0.15, 0.2) is 0 Å². The first-order valence-corrected chi connectivity index (χ1v) is 10.7. The molecule has 7 nitrogen and oxygen atoms in total. The van der Waals surface area contributed by atoms with Gasteiger partial charge in [0, 0.05) is 22.1 Å². The van der Waals surface area contributed by atoms with Gasteiger partial charge in [-0.3, -0.25) is 10.8 Å². The molecule has 0 spiro atoms. The second kappa shape index (κ2) is 9.91. The van der Waals surface area contributed by atoms with Crippen LogP contribution in [0.4, 0.5) is 0 Å². The third kappa shape index (κ3) is 5.51. The molecular formula is C26H26N4O3. The summed E-state index contributed by atoms with van der Waals surface area (Å²) in [5.74, 6) is 2.35. The van der Waals surface area contributed by atoms with Crippen LogP contribution in [0.25, 0.3) is 22.3 Å². The minimum absolute atomic E-state index is 0.0336. The van der Waals surface area contributed by atoms with E-state index >= 15 is 0 Å². The molecule has 0 radical (unpaired) electrons. The zero-order chi connectivity index (χ0) is 23.2. The van der Waals surface area contributed by atoms with Gasteiger partial charge in [0.25, 0.3) is 0 Å². The van der Waals surface area contributed by atoms with Crippen molar-refractivity contribution in [2.45, 2.75) is 12.8 Å². The van der Waals surface area contributed by atoms with Crippen molar-refractivity contribution < 1.29 is 13.9 Å². The highest BCUT2D eigenvalue weighted by Gasteiger charge is 2.09. The van der Waals surface area contributed by atoms with E-state index in [0.717, 1.165) is 46.6 Å². The Kier molecular flexibility index (Phi) is 6.59. The van der Waals surface area contributed by atoms with E-state index in [1.807, 2.05) is 54.6 Å². The molecule has 0 unspecified atom stereocenters. The Morgan fingerprint density at radius 3 is 2.09 bits per heavy atom. The molecule has 0 amide bonds. The third-order valence-electron chi connectivity index (χ3n) is 5.19. The van der Waals surface area contributed by atoms with E-state index in [2.05, 4.69) is 0 Å². The molecule has 0 aliphatic rings. The van der Waals surface area contributed by atoms with Crippen LogP contribution in [-0.4, -0.2) is 24.9 Å². The maximum Gasteiger partial charge on any atom is 0.135 e. The maximum atomic E-state index is 7.59. The summed E-state index contributed by atoms with van der Waals surface area (Å²) in [6, 6.07) is 22.4. The molecule has 6 N–H and O–H groups in total. The maximum absolute atomic E-state index is 7.59. The van der Waals surface area contributed by atoms with Crippen molar-refractivity contribution in [2.75, 3.05) is 13.2 Å². The summed E-state index contributed by atoms with van der Waals surface area (Å²) < 4.78 is 17.6.